The third kappa shape index (κ3) is 4.61. The van der Waals surface area contributed by atoms with E-state index in [2.05, 4.69) is 0 Å². The molecule has 0 aliphatic carbocycles. The molecule has 0 radical (unpaired) electrons. The first-order valence-corrected chi connectivity index (χ1v) is 5.85. The fraction of sp³-hybridized carbons (Fsp3) is 1.00. The molecule has 1 heterocycles. The van der Waals surface area contributed by atoms with E-state index in [0.29, 0.717) is 19.6 Å². The summed E-state index contributed by atoms with van der Waals surface area (Å²) in [6, 6.07) is 0. The van der Waals surface area contributed by atoms with Crippen LogP contribution in [0.1, 0.15) is 19.3 Å². The van der Waals surface area contributed by atoms with Gasteiger partial charge in [-0.25, -0.2) is 0 Å². The SMILES string of the molecule is OCC1(CCSC(F)(F)F)CCCOC1. The highest BCUT2D eigenvalue weighted by molar-refractivity contribution is 8.00. The van der Waals surface area contributed by atoms with Gasteiger partial charge in [-0.1, -0.05) is 11.8 Å². The lowest BCUT2D eigenvalue weighted by molar-refractivity contribution is -0.0425. The zero-order valence-electron chi connectivity index (χ0n) is 8.35. The van der Waals surface area contributed by atoms with E-state index in [1.165, 1.54) is 0 Å². The van der Waals surface area contributed by atoms with Crippen LogP contribution < -0.4 is 0 Å². The number of hydrogen-bond acceptors (Lipinski definition) is 3. The molecule has 1 atom stereocenters. The molecule has 6 heteroatoms. The van der Waals surface area contributed by atoms with Crippen LogP contribution in [0.2, 0.25) is 0 Å². The van der Waals surface area contributed by atoms with E-state index in [-0.39, 0.29) is 24.1 Å². The lowest BCUT2D eigenvalue weighted by Gasteiger charge is -2.35. The van der Waals surface area contributed by atoms with E-state index in [1.54, 1.807) is 0 Å². The van der Waals surface area contributed by atoms with E-state index in [9.17, 15) is 18.3 Å². The maximum Gasteiger partial charge on any atom is 0.441 e. The molecule has 15 heavy (non-hydrogen) atoms. The Morgan fingerprint density at radius 3 is 2.60 bits per heavy atom. The van der Waals surface area contributed by atoms with E-state index in [4.69, 9.17) is 4.74 Å². The monoisotopic (exact) mass is 244 g/mol. The van der Waals surface area contributed by atoms with Gasteiger partial charge in [0.2, 0.25) is 0 Å². The molecule has 0 aromatic rings. The highest BCUT2D eigenvalue weighted by Gasteiger charge is 2.34. The van der Waals surface area contributed by atoms with Crippen LogP contribution >= 0.6 is 11.8 Å². The molecular weight excluding hydrogens is 229 g/mol. The number of halogens is 3. The molecule has 1 aliphatic rings. The molecule has 1 unspecified atom stereocenters. The molecule has 1 N–H and O–H groups in total. The molecule has 1 saturated heterocycles. The molecule has 1 fully saturated rings. The van der Waals surface area contributed by atoms with Gasteiger partial charge in [0.25, 0.3) is 0 Å². The highest BCUT2D eigenvalue weighted by atomic mass is 32.2. The van der Waals surface area contributed by atoms with Crippen molar-refractivity contribution < 1.29 is 23.0 Å². The van der Waals surface area contributed by atoms with Crippen molar-refractivity contribution in [3.8, 4) is 0 Å². The van der Waals surface area contributed by atoms with Gasteiger partial charge in [-0.3, -0.25) is 0 Å². The van der Waals surface area contributed by atoms with Gasteiger partial charge in [0.15, 0.2) is 0 Å². The van der Waals surface area contributed by atoms with E-state index >= 15 is 0 Å². The van der Waals surface area contributed by atoms with Crippen molar-refractivity contribution in [1.29, 1.82) is 0 Å². The summed E-state index contributed by atoms with van der Waals surface area (Å²) in [7, 11) is 0. The zero-order chi connectivity index (χ0) is 11.4. The summed E-state index contributed by atoms with van der Waals surface area (Å²) in [5.74, 6) is -0.00653. The Morgan fingerprint density at radius 1 is 1.40 bits per heavy atom. The summed E-state index contributed by atoms with van der Waals surface area (Å²) in [5, 5.41) is 9.20. The smallest absolute Gasteiger partial charge is 0.396 e. The van der Waals surface area contributed by atoms with Crippen LogP contribution in [-0.2, 0) is 4.74 Å². The van der Waals surface area contributed by atoms with E-state index in [1.807, 2.05) is 0 Å². The minimum absolute atomic E-state index is 0.00653. The van der Waals surface area contributed by atoms with Crippen molar-refractivity contribution in [1.82, 2.24) is 0 Å². The maximum atomic E-state index is 11.9. The van der Waals surface area contributed by atoms with Crippen LogP contribution in [0.25, 0.3) is 0 Å². The lowest BCUT2D eigenvalue weighted by atomic mass is 9.81. The molecule has 0 aromatic carbocycles. The number of alkyl halides is 3. The molecule has 0 amide bonds. The Kier molecular flexibility index (Phi) is 4.73. The Morgan fingerprint density at radius 2 is 2.13 bits per heavy atom. The van der Waals surface area contributed by atoms with Crippen molar-refractivity contribution in [3.05, 3.63) is 0 Å². The summed E-state index contributed by atoms with van der Waals surface area (Å²) in [5.41, 5.74) is -4.62. The minimum Gasteiger partial charge on any atom is -0.396 e. The Hall–Kier alpha value is 0.0600. The minimum atomic E-state index is -4.17. The number of aliphatic hydroxyl groups is 1. The first-order valence-electron chi connectivity index (χ1n) is 4.87. The normalized spacial score (nSPS) is 28.0. The topological polar surface area (TPSA) is 29.5 Å². The second-order valence-corrected chi connectivity index (χ2v) is 5.02. The fourth-order valence-corrected chi connectivity index (χ4v) is 2.46. The molecule has 0 aromatic heterocycles. The van der Waals surface area contributed by atoms with Crippen molar-refractivity contribution in [2.75, 3.05) is 25.6 Å². The molecule has 90 valence electrons. The highest BCUT2D eigenvalue weighted by Crippen LogP contribution is 2.37. The van der Waals surface area contributed by atoms with Gasteiger partial charge in [-0.05, 0) is 19.3 Å². The molecule has 1 rings (SSSR count). The Labute approximate surface area is 91.2 Å². The summed E-state index contributed by atoms with van der Waals surface area (Å²) >= 11 is -0.0255. The van der Waals surface area contributed by atoms with Crippen LogP contribution in [0.3, 0.4) is 0 Å². The van der Waals surface area contributed by atoms with Gasteiger partial charge in [0, 0.05) is 17.8 Å². The van der Waals surface area contributed by atoms with Crippen molar-refractivity contribution in [2.45, 2.75) is 24.8 Å². The van der Waals surface area contributed by atoms with Gasteiger partial charge in [0.05, 0.1) is 13.2 Å². The standard InChI is InChI=1S/C9H15F3O2S/c10-9(11,12)15-5-3-8(6-13)2-1-4-14-7-8/h13H,1-7H2. The third-order valence-corrected chi connectivity index (χ3v) is 3.37. The number of aliphatic hydroxyl groups excluding tert-OH is 1. The fourth-order valence-electron chi connectivity index (χ4n) is 1.69. The predicted molar refractivity (Wildman–Crippen MR) is 52.7 cm³/mol. The lowest BCUT2D eigenvalue weighted by Crippen LogP contribution is -2.36. The van der Waals surface area contributed by atoms with Gasteiger partial charge in [0.1, 0.15) is 0 Å². The van der Waals surface area contributed by atoms with Gasteiger partial charge < -0.3 is 9.84 Å². The number of thioether (sulfide) groups is 1. The number of hydrogen-bond donors (Lipinski definition) is 1. The van der Waals surface area contributed by atoms with E-state index < -0.39 is 10.9 Å². The van der Waals surface area contributed by atoms with Crippen LogP contribution in [-0.4, -0.2) is 36.2 Å². The molecule has 0 saturated carbocycles. The zero-order valence-corrected chi connectivity index (χ0v) is 9.16. The summed E-state index contributed by atoms with van der Waals surface area (Å²) < 4.78 is 40.9. The Balaban J connectivity index is 2.33. The van der Waals surface area contributed by atoms with Crippen molar-refractivity contribution in [3.63, 3.8) is 0 Å². The van der Waals surface area contributed by atoms with Crippen LogP contribution in [0.5, 0.6) is 0 Å². The molecular formula is C9H15F3O2S. The first-order chi connectivity index (χ1) is 6.97. The Bertz CT molecular complexity index is 190. The van der Waals surface area contributed by atoms with Crippen molar-refractivity contribution in [2.24, 2.45) is 5.41 Å². The van der Waals surface area contributed by atoms with E-state index in [0.717, 1.165) is 12.8 Å². The van der Waals surface area contributed by atoms with Crippen molar-refractivity contribution >= 4 is 11.8 Å². The molecule has 0 spiro atoms. The first kappa shape index (κ1) is 13.1. The molecule has 0 bridgehead atoms. The average molecular weight is 244 g/mol. The maximum absolute atomic E-state index is 11.9. The largest absolute Gasteiger partial charge is 0.441 e. The quantitative estimate of drug-likeness (QED) is 0.823. The molecule has 2 nitrogen and oxygen atoms in total. The number of ether oxygens (including phenoxy) is 1. The van der Waals surface area contributed by atoms with Gasteiger partial charge >= 0.3 is 5.51 Å². The van der Waals surface area contributed by atoms with Gasteiger partial charge in [-0.2, -0.15) is 13.2 Å². The van der Waals surface area contributed by atoms with Crippen LogP contribution in [0.4, 0.5) is 13.2 Å². The van der Waals surface area contributed by atoms with Crippen LogP contribution in [0, 0.1) is 5.41 Å². The summed E-state index contributed by atoms with van der Waals surface area (Å²) in [6.45, 7) is 0.932. The second kappa shape index (κ2) is 5.41. The molecule has 1 aliphatic heterocycles. The average Bonchev–Trinajstić information content (AvgIpc) is 2.17. The second-order valence-electron chi connectivity index (χ2n) is 3.86. The third-order valence-electron chi connectivity index (χ3n) is 2.64. The summed E-state index contributed by atoms with van der Waals surface area (Å²) in [6.07, 6.45) is 1.92. The number of rotatable bonds is 4. The van der Waals surface area contributed by atoms with Crippen LogP contribution in [0.15, 0.2) is 0 Å². The van der Waals surface area contributed by atoms with Gasteiger partial charge in [-0.15, -0.1) is 0 Å². The summed E-state index contributed by atoms with van der Waals surface area (Å²) in [4.78, 5) is 0. The predicted octanol–water partition coefficient (Wildman–Crippen LogP) is 2.42.